The van der Waals surface area contributed by atoms with Gasteiger partial charge in [-0.3, -0.25) is 14.9 Å². The Balaban J connectivity index is 2.56. The van der Waals surface area contributed by atoms with Crippen molar-refractivity contribution in [3.8, 4) is 0 Å². The van der Waals surface area contributed by atoms with Crippen LogP contribution in [0.3, 0.4) is 0 Å². The van der Waals surface area contributed by atoms with E-state index in [1.807, 2.05) is 0 Å². The molecule has 1 aromatic rings. The quantitative estimate of drug-likeness (QED) is 0.472. The number of carbonyl (C=O) groups excluding carboxylic acids is 1. The molecule has 1 heterocycles. The highest BCUT2D eigenvalue weighted by Gasteiger charge is 2.49. The molecule has 0 aliphatic carbocycles. The molecule has 5 nitrogen and oxygen atoms in total. The maximum Gasteiger partial charge on any atom is 0.276 e. The number of hydrogen-bond acceptors (Lipinski definition) is 4. The van der Waals surface area contributed by atoms with Crippen LogP contribution in [0.5, 0.6) is 0 Å². The zero-order valence-corrected chi connectivity index (χ0v) is 12.0. The Morgan fingerprint density at radius 2 is 1.75 bits per heavy atom. The minimum absolute atomic E-state index is 0.0201. The molecule has 1 saturated heterocycles. The number of ketones is 1. The second-order valence-corrected chi connectivity index (χ2v) is 5.83. The van der Waals surface area contributed by atoms with E-state index in [-0.39, 0.29) is 11.5 Å². The van der Waals surface area contributed by atoms with Crippen LogP contribution >= 0.6 is 0 Å². The van der Waals surface area contributed by atoms with Gasteiger partial charge in [-0.15, -0.1) is 0 Å². The molecule has 1 aliphatic rings. The summed E-state index contributed by atoms with van der Waals surface area (Å²) in [5.74, 6) is -0.138. The molecule has 0 N–H and O–H groups in total. The van der Waals surface area contributed by atoms with Gasteiger partial charge >= 0.3 is 0 Å². The van der Waals surface area contributed by atoms with E-state index >= 15 is 0 Å². The zero-order chi connectivity index (χ0) is 15.1. The summed E-state index contributed by atoms with van der Waals surface area (Å²) in [6.45, 7) is 7.00. The van der Waals surface area contributed by atoms with Gasteiger partial charge in [0.05, 0.1) is 16.1 Å². The predicted molar refractivity (Wildman–Crippen MR) is 75.3 cm³/mol. The summed E-state index contributed by atoms with van der Waals surface area (Å²) in [6.07, 6.45) is 1.56. The lowest BCUT2D eigenvalue weighted by Crippen LogP contribution is -2.29. The second kappa shape index (κ2) is 4.52. The first-order valence-electron chi connectivity index (χ1n) is 6.36. The summed E-state index contributed by atoms with van der Waals surface area (Å²) in [5.41, 5.74) is -0.816. The first-order chi connectivity index (χ1) is 9.15. The fraction of sp³-hybridized carbons (Fsp3) is 0.400. The van der Waals surface area contributed by atoms with Crippen LogP contribution in [0.4, 0.5) is 5.69 Å². The van der Waals surface area contributed by atoms with E-state index < -0.39 is 16.1 Å². The molecule has 0 atom stereocenters. The van der Waals surface area contributed by atoms with E-state index in [4.69, 9.17) is 4.74 Å². The van der Waals surface area contributed by atoms with Gasteiger partial charge in [0, 0.05) is 11.6 Å². The number of rotatable bonds is 2. The first-order valence-corrected chi connectivity index (χ1v) is 6.36. The smallest absolute Gasteiger partial charge is 0.276 e. The second-order valence-electron chi connectivity index (χ2n) is 5.83. The van der Waals surface area contributed by atoms with Gasteiger partial charge in [0.15, 0.2) is 5.78 Å². The van der Waals surface area contributed by atoms with Gasteiger partial charge < -0.3 is 4.74 Å². The number of nitro benzene ring substituents is 1. The van der Waals surface area contributed by atoms with Gasteiger partial charge in [0.25, 0.3) is 5.69 Å². The van der Waals surface area contributed by atoms with Gasteiger partial charge in [-0.25, -0.2) is 0 Å². The van der Waals surface area contributed by atoms with E-state index in [1.165, 1.54) is 6.07 Å². The van der Waals surface area contributed by atoms with Crippen molar-refractivity contribution in [2.24, 2.45) is 0 Å². The Morgan fingerprint density at radius 1 is 1.15 bits per heavy atom. The average molecular weight is 275 g/mol. The van der Waals surface area contributed by atoms with E-state index in [2.05, 4.69) is 0 Å². The maximum atomic E-state index is 12.4. The summed E-state index contributed by atoms with van der Waals surface area (Å²) in [6, 6.07) is 6.35. The number of benzene rings is 1. The molecule has 0 amide bonds. The molecule has 0 unspecified atom stereocenters. The highest BCUT2D eigenvalue weighted by atomic mass is 16.6. The molecule has 5 heteroatoms. The molecule has 0 bridgehead atoms. The topological polar surface area (TPSA) is 69.4 Å². The number of nitro groups is 1. The Morgan fingerprint density at radius 3 is 2.25 bits per heavy atom. The first kappa shape index (κ1) is 14.4. The fourth-order valence-electron chi connectivity index (χ4n) is 2.51. The molecular weight excluding hydrogens is 258 g/mol. The van der Waals surface area contributed by atoms with Crippen LogP contribution in [-0.2, 0) is 9.53 Å². The highest BCUT2D eigenvalue weighted by molar-refractivity contribution is 6.08. The molecule has 2 rings (SSSR count). The molecule has 106 valence electrons. The van der Waals surface area contributed by atoms with E-state index in [0.717, 1.165) is 0 Å². The number of carbonyl (C=O) groups is 1. The molecule has 20 heavy (non-hydrogen) atoms. The SMILES string of the molecule is CC1(C)OC(C)(C)/C(=C/c2ccccc2[N+](=O)[O-])C1=O. The van der Waals surface area contributed by atoms with Crippen LogP contribution in [-0.4, -0.2) is 21.9 Å². The number of para-hydroxylation sites is 1. The number of ether oxygens (including phenoxy) is 1. The van der Waals surface area contributed by atoms with Crippen molar-refractivity contribution in [3.63, 3.8) is 0 Å². The summed E-state index contributed by atoms with van der Waals surface area (Å²) >= 11 is 0. The van der Waals surface area contributed by atoms with Crippen LogP contribution in [0.1, 0.15) is 33.3 Å². The van der Waals surface area contributed by atoms with Crippen molar-refractivity contribution >= 4 is 17.5 Å². The van der Waals surface area contributed by atoms with Crippen molar-refractivity contribution in [1.29, 1.82) is 0 Å². The summed E-state index contributed by atoms with van der Waals surface area (Å²) in [7, 11) is 0. The van der Waals surface area contributed by atoms with Gasteiger partial charge in [-0.1, -0.05) is 12.1 Å². The molecule has 1 aromatic carbocycles. The number of hydrogen-bond donors (Lipinski definition) is 0. The lowest BCUT2D eigenvalue weighted by molar-refractivity contribution is -0.385. The molecule has 1 fully saturated rings. The van der Waals surface area contributed by atoms with Crippen molar-refractivity contribution < 1.29 is 14.5 Å². The summed E-state index contributed by atoms with van der Waals surface area (Å²) in [4.78, 5) is 22.9. The standard InChI is InChI=1S/C15H17NO4/c1-14(2)11(13(17)15(3,4)20-14)9-10-7-5-6-8-12(10)16(18)19/h5-9H,1-4H3/b11-9+. The lowest BCUT2D eigenvalue weighted by atomic mass is 9.90. The van der Waals surface area contributed by atoms with Gasteiger partial charge in [0.1, 0.15) is 5.60 Å². The van der Waals surface area contributed by atoms with E-state index in [0.29, 0.717) is 11.1 Å². The molecule has 0 saturated carbocycles. The van der Waals surface area contributed by atoms with E-state index in [1.54, 1.807) is 52.0 Å². The maximum absolute atomic E-state index is 12.4. The van der Waals surface area contributed by atoms with Crippen molar-refractivity contribution in [3.05, 3.63) is 45.5 Å². The van der Waals surface area contributed by atoms with Gasteiger partial charge in [-0.05, 0) is 39.8 Å². The van der Waals surface area contributed by atoms with Crippen molar-refractivity contribution in [1.82, 2.24) is 0 Å². The predicted octanol–water partition coefficient (Wildman–Crippen LogP) is 3.13. The zero-order valence-electron chi connectivity index (χ0n) is 12.0. The van der Waals surface area contributed by atoms with Crippen LogP contribution < -0.4 is 0 Å². The minimum atomic E-state index is -0.904. The average Bonchev–Trinajstić information content (AvgIpc) is 2.48. The monoisotopic (exact) mass is 275 g/mol. The van der Waals surface area contributed by atoms with Crippen LogP contribution in [0.2, 0.25) is 0 Å². The molecule has 0 aromatic heterocycles. The van der Waals surface area contributed by atoms with Gasteiger partial charge in [-0.2, -0.15) is 0 Å². The van der Waals surface area contributed by atoms with Crippen molar-refractivity contribution in [2.75, 3.05) is 0 Å². The highest BCUT2D eigenvalue weighted by Crippen LogP contribution is 2.40. The van der Waals surface area contributed by atoms with E-state index in [9.17, 15) is 14.9 Å². The Bertz CT molecular complexity index is 614. The van der Waals surface area contributed by atoms with Crippen LogP contribution in [0, 0.1) is 10.1 Å². The van der Waals surface area contributed by atoms with Gasteiger partial charge in [0.2, 0.25) is 0 Å². The Hall–Kier alpha value is -2.01. The van der Waals surface area contributed by atoms with Crippen LogP contribution in [0.25, 0.3) is 6.08 Å². The number of Topliss-reactive ketones (excluding diaryl/α,β-unsaturated/α-hetero) is 1. The molecule has 0 spiro atoms. The largest absolute Gasteiger partial charge is 0.357 e. The molecule has 0 radical (unpaired) electrons. The third-order valence-electron chi connectivity index (χ3n) is 3.38. The third kappa shape index (κ3) is 2.36. The third-order valence-corrected chi connectivity index (χ3v) is 3.38. The fourth-order valence-corrected chi connectivity index (χ4v) is 2.51. The minimum Gasteiger partial charge on any atom is -0.357 e. The Kier molecular flexibility index (Phi) is 3.26. The number of nitrogens with zero attached hydrogens (tertiary/aromatic N) is 1. The molecule has 1 aliphatic heterocycles. The van der Waals surface area contributed by atoms with Crippen LogP contribution in [0.15, 0.2) is 29.8 Å². The summed E-state index contributed by atoms with van der Waals surface area (Å²) < 4.78 is 5.75. The van der Waals surface area contributed by atoms with Crippen molar-refractivity contribution in [2.45, 2.75) is 38.9 Å². The normalized spacial score (nSPS) is 22.2. The summed E-state index contributed by atoms with van der Waals surface area (Å²) in [5, 5.41) is 11.0. The Labute approximate surface area is 117 Å². The lowest BCUT2D eigenvalue weighted by Gasteiger charge is -2.22. The molecular formula is C15H17NO4.